The Morgan fingerprint density at radius 3 is 2.35 bits per heavy atom. The molecule has 162 valence electrons. The number of allylic oxidation sites excluding steroid dienone is 2. The lowest BCUT2D eigenvalue weighted by Gasteiger charge is -2.43. The molecule has 0 spiro atoms. The molecule has 31 heavy (non-hydrogen) atoms. The van der Waals surface area contributed by atoms with Crippen molar-refractivity contribution in [1.82, 2.24) is 0 Å². The number of anilines is 1. The Balaban J connectivity index is 1.90. The van der Waals surface area contributed by atoms with Gasteiger partial charge in [0.2, 0.25) is 5.91 Å². The molecule has 1 unspecified atom stereocenters. The van der Waals surface area contributed by atoms with Gasteiger partial charge < -0.3 is 9.47 Å². The van der Waals surface area contributed by atoms with Gasteiger partial charge >= 0.3 is 0 Å². The van der Waals surface area contributed by atoms with Crippen molar-refractivity contribution < 1.29 is 19.1 Å². The largest absolute Gasteiger partial charge is 0.497 e. The Labute approximate surface area is 187 Å². The standard InChI is InChI=1S/C25H26ClNO4/c1-25(2)13-20-24(21(28)14-25)19(18-10-9-17(30-3)11-22(18)31-4)12-23(29)27(20)16-7-5-15(26)6-8-16/h5-11,19H,12-14H2,1-4H3. The van der Waals surface area contributed by atoms with Gasteiger partial charge in [-0.05, 0) is 42.2 Å². The minimum atomic E-state index is -0.351. The topological polar surface area (TPSA) is 55.8 Å². The molecule has 0 fully saturated rings. The van der Waals surface area contributed by atoms with Crippen molar-refractivity contribution in [3.05, 3.63) is 64.3 Å². The summed E-state index contributed by atoms with van der Waals surface area (Å²) in [6.07, 6.45) is 1.27. The third-order valence-electron chi connectivity index (χ3n) is 6.04. The molecule has 1 heterocycles. The molecular weight excluding hydrogens is 414 g/mol. The first-order valence-electron chi connectivity index (χ1n) is 10.3. The van der Waals surface area contributed by atoms with Gasteiger partial charge in [-0.2, -0.15) is 0 Å². The summed E-state index contributed by atoms with van der Waals surface area (Å²) >= 11 is 6.06. The van der Waals surface area contributed by atoms with Gasteiger partial charge in [0, 0.05) is 52.4 Å². The van der Waals surface area contributed by atoms with Crippen LogP contribution in [0.1, 0.15) is 44.6 Å². The highest BCUT2D eigenvalue weighted by Crippen LogP contribution is 2.49. The zero-order valence-electron chi connectivity index (χ0n) is 18.2. The maximum absolute atomic E-state index is 13.4. The monoisotopic (exact) mass is 439 g/mol. The van der Waals surface area contributed by atoms with Gasteiger partial charge in [0.1, 0.15) is 11.5 Å². The number of amides is 1. The zero-order chi connectivity index (χ0) is 22.3. The molecule has 4 rings (SSSR count). The van der Waals surface area contributed by atoms with E-state index < -0.39 is 0 Å². The van der Waals surface area contributed by atoms with Crippen molar-refractivity contribution in [3.63, 3.8) is 0 Å². The van der Waals surface area contributed by atoms with Crippen molar-refractivity contribution in [2.45, 2.75) is 39.0 Å². The highest BCUT2D eigenvalue weighted by molar-refractivity contribution is 6.30. The molecule has 1 aliphatic carbocycles. The van der Waals surface area contributed by atoms with E-state index in [0.29, 0.717) is 34.9 Å². The third kappa shape index (κ3) is 3.94. The number of hydrogen-bond donors (Lipinski definition) is 0. The summed E-state index contributed by atoms with van der Waals surface area (Å²) in [5, 5.41) is 0.600. The van der Waals surface area contributed by atoms with Crippen LogP contribution in [0.5, 0.6) is 11.5 Å². The van der Waals surface area contributed by atoms with E-state index >= 15 is 0 Å². The lowest BCUT2D eigenvalue weighted by atomic mass is 9.69. The quantitative estimate of drug-likeness (QED) is 0.629. The van der Waals surface area contributed by atoms with E-state index in [1.165, 1.54) is 0 Å². The fourth-order valence-electron chi connectivity index (χ4n) is 4.68. The van der Waals surface area contributed by atoms with Crippen molar-refractivity contribution in [3.8, 4) is 11.5 Å². The Morgan fingerprint density at radius 2 is 1.71 bits per heavy atom. The Morgan fingerprint density at radius 1 is 1.00 bits per heavy atom. The average Bonchev–Trinajstić information content (AvgIpc) is 2.72. The molecule has 0 saturated heterocycles. The van der Waals surface area contributed by atoms with Gasteiger partial charge in [-0.1, -0.05) is 31.5 Å². The van der Waals surface area contributed by atoms with Crippen molar-refractivity contribution >= 4 is 29.0 Å². The van der Waals surface area contributed by atoms with Crippen LogP contribution in [0, 0.1) is 5.41 Å². The van der Waals surface area contributed by atoms with Gasteiger partial charge in [-0.25, -0.2) is 0 Å². The number of hydrogen-bond acceptors (Lipinski definition) is 4. The normalized spacial score (nSPS) is 20.5. The molecule has 0 bridgehead atoms. The predicted molar refractivity (Wildman–Crippen MR) is 121 cm³/mol. The molecule has 1 amide bonds. The molecule has 1 aliphatic heterocycles. The zero-order valence-corrected chi connectivity index (χ0v) is 19.0. The SMILES string of the molecule is COc1ccc(C2CC(=O)N(c3ccc(Cl)cc3)C3=C2C(=O)CC(C)(C)C3)c(OC)c1. The van der Waals surface area contributed by atoms with Crippen LogP contribution in [-0.4, -0.2) is 25.9 Å². The van der Waals surface area contributed by atoms with E-state index in [9.17, 15) is 9.59 Å². The Hall–Kier alpha value is -2.79. The van der Waals surface area contributed by atoms with Crippen molar-refractivity contribution in [1.29, 1.82) is 0 Å². The number of benzene rings is 2. The molecule has 0 aromatic heterocycles. The van der Waals surface area contributed by atoms with Crippen molar-refractivity contribution in [2.75, 3.05) is 19.1 Å². The minimum Gasteiger partial charge on any atom is -0.497 e. The highest BCUT2D eigenvalue weighted by atomic mass is 35.5. The summed E-state index contributed by atoms with van der Waals surface area (Å²) in [4.78, 5) is 28.6. The summed E-state index contributed by atoms with van der Waals surface area (Å²) in [6.45, 7) is 4.13. The summed E-state index contributed by atoms with van der Waals surface area (Å²) in [6, 6.07) is 12.7. The fraction of sp³-hybridized carbons (Fsp3) is 0.360. The van der Waals surface area contributed by atoms with Gasteiger partial charge in [0.25, 0.3) is 0 Å². The number of methoxy groups -OCH3 is 2. The number of carbonyl (C=O) groups is 2. The van der Waals surface area contributed by atoms with Gasteiger partial charge in [-0.15, -0.1) is 0 Å². The van der Waals surface area contributed by atoms with Crippen LogP contribution in [0.15, 0.2) is 53.7 Å². The molecule has 6 heteroatoms. The first-order chi connectivity index (χ1) is 14.7. The van der Waals surface area contributed by atoms with E-state index in [-0.39, 0.29) is 29.4 Å². The first kappa shape index (κ1) is 21.4. The lowest BCUT2D eigenvalue weighted by Crippen LogP contribution is -2.43. The Kier molecular flexibility index (Phi) is 5.56. The van der Waals surface area contributed by atoms with Gasteiger partial charge in [-0.3, -0.25) is 14.5 Å². The summed E-state index contributed by atoms with van der Waals surface area (Å²) in [7, 11) is 3.18. The summed E-state index contributed by atoms with van der Waals surface area (Å²) < 4.78 is 10.9. The number of ether oxygens (including phenoxy) is 2. The lowest BCUT2D eigenvalue weighted by molar-refractivity contribution is -0.121. The maximum atomic E-state index is 13.4. The smallest absolute Gasteiger partial charge is 0.232 e. The number of nitrogens with zero attached hydrogens (tertiary/aromatic N) is 1. The van der Waals surface area contributed by atoms with Gasteiger partial charge in [0.15, 0.2) is 5.78 Å². The number of Topliss-reactive ketones (excluding diaryl/α,β-unsaturated/α-hetero) is 1. The van der Waals surface area contributed by atoms with Gasteiger partial charge in [0.05, 0.1) is 14.2 Å². The molecule has 2 aromatic rings. The summed E-state index contributed by atoms with van der Waals surface area (Å²) in [5.41, 5.74) is 2.81. The fourth-order valence-corrected chi connectivity index (χ4v) is 4.80. The van der Waals surface area contributed by atoms with E-state index in [4.69, 9.17) is 21.1 Å². The Bertz CT molecular complexity index is 1070. The average molecular weight is 440 g/mol. The van der Waals surface area contributed by atoms with Crippen LogP contribution in [0.4, 0.5) is 5.69 Å². The second kappa shape index (κ2) is 8.04. The van der Waals surface area contributed by atoms with Crippen molar-refractivity contribution in [2.24, 2.45) is 5.41 Å². The minimum absolute atomic E-state index is 0.0468. The van der Waals surface area contributed by atoms with Crippen LogP contribution < -0.4 is 14.4 Å². The number of carbonyl (C=O) groups excluding carboxylic acids is 2. The van der Waals surface area contributed by atoms with E-state index in [2.05, 4.69) is 13.8 Å². The molecule has 0 saturated carbocycles. The molecule has 1 atom stereocenters. The maximum Gasteiger partial charge on any atom is 0.232 e. The van der Waals surface area contributed by atoms with Crippen LogP contribution in [0.2, 0.25) is 5.02 Å². The second-order valence-corrected chi connectivity index (χ2v) is 9.31. The number of ketones is 1. The molecule has 5 nitrogen and oxygen atoms in total. The number of halogens is 1. The highest BCUT2D eigenvalue weighted by Gasteiger charge is 2.45. The number of rotatable bonds is 4. The first-order valence-corrected chi connectivity index (χ1v) is 10.7. The van der Waals surface area contributed by atoms with E-state index in [1.807, 2.05) is 24.3 Å². The predicted octanol–water partition coefficient (Wildman–Crippen LogP) is 5.52. The summed E-state index contributed by atoms with van der Waals surface area (Å²) in [5.74, 6) is 0.961. The van der Waals surface area contributed by atoms with Crippen LogP contribution in [0.25, 0.3) is 0 Å². The molecule has 0 radical (unpaired) electrons. The van der Waals surface area contributed by atoms with E-state index in [0.717, 1.165) is 16.9 Å². The second-order valence-electron chi connectivity index (χ2n) is 8.87. The van der Waals surface area contributed by atoms with Crippen LogP contribution >= 0.6 is 11.6 Å². The van der Waals surface area contributed by atoms with Crippen LogP contribution in [-0.2, 0) is 9.59 Å². The third-order valence-corrected chi connectivity index (χ3v) is 6.30. The van der Waals surface area contributed by atoms with E-state index in [1.54, 1.807) is 37.3 Å². The molecule has 0 N–H and O–H groups in total. The molecule has 2 aromatic carbocycles. The van der Waals surface area contributed by atoms with Crippen LogP contribution in [0.3, 0.4) is 0 Å². The molecule has 2 aliphatic rings. The molecular formula is C25H26ClNO4.